The molecule has 1 heterocycles. The molecule has 1 aromatic heterocycles. The topological polar surface area (TPSA) is 59.6 Å². The zero-order valence-electron chi connectivity index (χ0n) is 15.3. The van der Waals surface area contributed by atoms with Crippen molar-refractivity contribution in [3.63, 3.8) is 0 Å². The fourth-order valence-corrected chi connectivity index (χ4v) is 3.71. The summed E-state index contributed by atoms with van der Waals surface area (Å²) in [5.41, 5.74) is -0.483. The first-order valence-electron chi connectivity index (χ1n) is 8.74. The smallest absolute Gasteiger partial charge is 0.407 e. The van der Waals surface area contributed by atoms with Crippen LogP contribution in [0, 0.1) is 0 Å². The van der Waals surface area contributed by atoms with E-state index in [2.05, 4.69) is 29.7 Å². The van der Waals surface area contributed by atoms with Crippen molar-refractivity contribution in [1.82, 2.24) is 10.6 Å². The van der Waals surface area contributed by atoms with E-state index in [-0.39, 0.29) is 24.3 Å². The third kappa shape index (κ3) is 5.46. The summed E-state index contributed by atoms with van der Waals surface area (Å²) in [6.07, 6.45) is 1.66. The summed E-state index contributed by atoms with van der Waals surface area (Å²) in [6.45, 7) is 11.3. The van der Waals surface area contributed by atoms with Gasteiger partial charge in [0, 0.05) is 22.9 Å². The van der Waals surface area contributed by atoms with Gasteiger partial charge < -0.3 is 20.1 Å². The van der Waals surface area contributed by atoms with Crippen molar-refractivity contribution in [2.45, 2.75) is 77.8 Å². The molecule has 1 saturated carbocycles. The van der Waals surface area contributed by atoms with Gasteiger partial charge in [-0.25, -0.2) is 4.79 Å². The third-order valence-corrected chi connectivity index (χ3v) is 5.21. The Labute approximate surface area is 149 Å². The van der Waals surface area contributed by atoms with Gasteiger partial charge in [0.1, 0.15) is 5.60 Å². The van der Waals surface area contributed by atoms with Gasteiger partial charge in [-0.1, -0.05) is 6.92 Å². The van der Waals surface area contributed by atoms with Gasteiger partial charge in [-0.2, -0.15) is 0 Å². The fraction of sp³-hybridized carbons (Fsp3) is 0.722. The van der Waals surface area contributed by atoms with Crippen LogP contribution < -0.4 is 10.6 Å². The average Bonchev–Trinajstić information content (AvgIpc) is 2.92. The molecule has 1 aromatic rings. The first kappa shape index (κ1) is 19.2. The Morgan fingerprint density at radius 1 is 1.29 bits per heavy atom. The Balaban J connectivity index is 1.88. The minimum absolute atomic E-state index is 0.0435. The molecule has 0 radical (unpaired) electrons. The Hall–Kier alpha value is -1.11. The summed E-state index contributed by atoms with van der Waals surface area (Å²) < 4.78 is 11.1. The Morgan fingerprint density at radius 3 is 2.58 bits per heavy atom. The zero-order valence-corrected chi connectivity index (χ0v) is 16.2. The number of thiophene rings is 1. The summed E-state index contributed by atoms with van der Waals surface area (Å²) in [5.74, 6) is 0. The second kappa shape index (κ2) is 8.32. The van der Waals surface area contributed by atoms with Gasteiger partial charge in [-0.05, 0) is 52.7 Å². The van der Waals surface area contributed by atoms with Crippen molar-refractivity contribution in [2.24, 2.45) is 0 Å². The number of amides is 1. The molecule has 1 fully saturated rings. The van der Waals surface area contributed by atoms with Gasteiger partial charge in [0.25, 0.3) is 0 Å². The second-order valence-electron chi connectivity index (χ2n) is 7.11. The van der Waals surface area contributed by atoms with Crippen molar-refractivity contribution in [3.8, 4) is 0 Å². The maximum Gasteiger partial charge on any atom is 0.407 e. The average molecular weight is 355 g/mol. The van der Waals surface area contributed by atoms with Crippen molar-refractivity contribution in [3.05, 3.63) is 21.9 Å². The van der Waals surface area contributed by atoms with E-state index < -0.39 is 5.60 Å². The summed E-state index contributed by atoms with van der Waals surface area (Å²) in [4.78, 5) is 14.7. The maximum absolute atomic E-state index is 12.0. The van der Waals surface area contributed by atoms with E-state index in [1.807, 2.05) is 39.0 Å². The summed E-state index contributed by atoms with van der Waals surface area (Å²) in [6, 6.07) is 4.51. The number of carbonyl (C=O) groups is 1. The zero-order chi connectivity index (χ0) is 17.7. The van der Waals surface area contributed by atoms with Gasteiger partial charge in [0.05, 0.1) is 18.2 Å². The predicted molar refractivity (Wildman–Crippen MR) is 97.5 cm³/mol. The monoisotopic (exact) mass is 354 g/mol. The summed E-state index contributed by atoms with van der Waals surface area (Å²) in [7, 11) is 0. The third-order valence-electron chi connectivity index (χ3n) is 3.98. The van der Waals surface area contributed by atoms with E-state index in [1.54, 1.807) is 0 Å². The lowest BCUT2D eigenvalue weighted by Gasteiger charge is -2.44. The highest BCUT2D eigenvalue weighted by molar-refractivity contribution is 7.11. The van der Waals surface area contributed by atoms with Crippen LogP contribution in [0.4, 0.5) is 4.79 Å². The van der Waals surface area contributed by atoms with Gasteiger partial charge in [0.2, 0.25) is 0 Å². The molecule has 1 aliphatic carbocycles. The molecule has 5 nitrogen and oxygen atoms in total. The molecule has 2 rings (SSSR count). The van der Waals surface area contributed by atoms with Crippen molar-refractivity contribution >= 4 is 17.4 Å². The first-order valence-corrected chi connectivity index (χ1v) is 9.56. The number of alkyl carbamates (subject to hydrolysis) is 1. The van der Waals surface area contributed by atoms with Gasteiger partial charge >= 0.3 is 6.09 Å². The van der Waals surface area contributed by atoms with E-state index in [1.165, 1.54) is 9.75 Å². The number of carbonyl (C=O) groups excluding carboxylic acids is 1. The maximum atomic E-state index is 12.0. The Bertz CT molecular complexity index is 539. The number of hydrogen-bond donors (Lipinski definition) is 2. The van der Waals surface area contributed by atoms with E-state index in [4.69, 9.17) is 9.47 Å². The molecular formula is C18H30N2O3S. The van der Waals surface area contributed by atoms with E-state index in [0.29, 0.717) is 6.61 Å². The molecular weight excluding hydrogens is 324 g/mol. The number of nitrogens with one attached hydrogen (secondary N) is 2. The molecule has 2 N–H and O–H groups in total. The molecule has 1 aliphatic rings. The molecule has 6 heteroatoms. The normalized spacial score (nSPS) is 23.6. The molecule has 0 spiro atoms. The molecule has 0 saturated heterocycles. The molecule has 0 aliphatic heterocycles. The lowest BCUT2D eigenvalue weighted by molar-refractivity contribution is -0.0437. The molecule has 3 atom stereocenters. The quantitative estimate of drug-likeness (QED) is 0.787. The van der Waals surface area contributed by atoms with Crippen LogP contribution in [0.3, 0.4) is 0 Å². The van der Waals surface area contributed by atoms with Crippen molar-refractivity contribution in [2.75, 3.05) is 6.61 Å². The minimum atomic E-state index is -0.483. The second-order valence-corrected chi connectivity index (χ2v) is 8.36. The van der Waals surface area contributed by atoms with Crippen molar-refractivity contribution in [1.29, 1.82) is 0 Å². The number of ether oxygens (including phenoxy) is 2. The fourth-order valence-electron chi connectivity index (χ4n) is 2.80. The molecule has 0 bridgehead atoms. The van der Waals surface area contributed by atoms with E-state index in [9.17, 15) is 4.79 Å². The largest absolute Gasteiger partial charge is 0.444 e. The standard InChI is InChI=1S/C18H30N2O3S/c1-6-12-8-9-13(24-12)11-19-16-14(10-15(16)22-7-2)20-17(21)23-18(3,4)5/h8-9,14-16,19H,6-7,10-11H2,1-5H3,(H,20,21). The van der Waals surface area contributed by atoms with Gasteiger partial charge in [0.15, 0.2) is 0 Å². The van der Waals surface area contributed by atoms with Crippen LogP contribution in [0.1, 0.15) is 50.8 Å². The predicted octanol–water partition coefficient (Wildman–Crippen LogP) is 3.47. The molecule has 3 unspecified atom stereocenters. The Morgan fingerprint density at radius 2 is 2.00 bits per heavy atom. The van der Waals surface area contributed by atoms with Gasteiger partial charge in [-0.3, -0.25) is 0 Å². The van der Waals surface area contributed by atoms with Crippen LogP contribution in [-0.4, -0.2) is 36.5 Å². The van der Waals surface area contributed by atoms with Crippen LogP contribution in [0.15, 0.2) is 12.1 Å². The number of hydrogen-bond acceptors (Lipinski definition) is 5. The van der Waals surface area contributed by atoms with Crippen molar-refractivity contribution < 1.29 is 14.3 Å². The summed E-state index contributed by atoms with van der Waals surface area (Å²) >= 11 is 1.83. The van der Waals surface area contributed by atoms with E-state index in [0.717, 1.165) is 19.4 Å². The van der Waals surface area contributed by atoms with Crippen LogP contribution in [0.2, 0.25) is 0 Å². The molecule has 0 aromatic carbocycles. The minimum Gasteiger partial charge on any atom is -0.444 e. The van der Waals surface area contributed by atoms with E-state index >= 15 is 0 Å². The number of aryl methyl sites for hydroxylation is 1. The number of rotatable bonds is 7. The van der Waals surface area contributed by atoms with Gasteiger partial charge in [-0.15, -0.1) is 11.3 Å². The SMILES string of the molecule is CCOC1CC(NC(=O)OC(C)(C)C)C1NCc1ccc(CC)s1. The van der Waals surface area contributed by atoms with Crippen LogP contribution >= 0.6 is 11.3 Å². The lowest BCUT2D eigenvalue weighted by Crippen LogP contribution is -2.66. The highest BCUT2D eigenvalue weighted by Crippen LogP contribution is 2.26. The molecule has 24 heavy (non-hydrogen) atoms. The molecule has 1 amide bonds. The van der Waals surface area contributed by atoms with Crippen LogP contribution in [0.5, 0.6) is 0 Å². The van der Waals surface area contributed by atoms with Crippen LogP contribution in [-0.2, 0) is 22.4 Å². The summed E-state index contributed by atoms with van der Waals surface area (Å²) in [5, 5.41) is 6.50. The highest BCUT2D eigenvalue weighted by Gasteiger charge is 2.42. The Kier molecular flexibility index (Phi) is 6.66. The lowest BCUT2D eigenvalue weighted by atomic mass is 9.82. The first-order chi connectivity index (χ1) is 11.3. The highest BCUT2D eigenvalue weighted by atomic mass is 32.1. The van der Waals surface area contributed by atoms with Crippen LogP contribution in [0.25, 0.3) is 0 Å². The molecule has 136 valence electrons.